The molecule has 0 spiro atoms. The van der Waals surface area contributed by atoms with Crippen LogP contribution in [0.1, 0.15) is 31.9 Å². The van der Waals surface area contributed by atoms with Crippen LogP contribution in [0.3, 0.4) is 0 Å². The number of likely N-dealkylation sites (N-methyl/N-ethyl adjacent to an activating group) is 1. The van der Waals surface area contributed by atoms with E-state index in [1.54, 1.807) is 7.11 Å². The minimum atomic E-state index is 0.682. The Kier molecular flexibility index (Phi) is 9.31. The van der Waals surface area contributed by atoms with Crippen LogP contribution in [-0.4, -0.2) is 44.8 Å². The Morgan fingerprint density at radius 2 is 1.81 bits per heavy atom. The standard InChI is InChI=1S/C18H32N2O/c1-5-19-11-10-17-6-8-18(9-7-17)15-20(12-13-21-4)14-16(2)3/h6-9,16,19H,5,10-15H2,1-4H3. The molecule has 0 bridgehead atoms. The SMILES string of the molecule is CCNCCc1ccc(CN(CCOC)CC(C)C)cc1. The number of benzene rings is 1. The molecule has 0 aliphatic carbocycles. The van der Waals surface area contributed by atoms with Gasteiger partial charge >= 0.3 is 0 Å². The van der Waals surface area contributed by atoms with Crippen molar-refractivity contribution in [2.24, 2.45) is 5.92 Å². The van der Waals surface area contributed by atoms with Crippen LogP contribution in [0.5, 0.6) is 0 Å². The lowest BCUT2D eigenvalue weighted by Gasteiger charge is -2.24. The van der Waals surface area contributed by atoms with Crippen molar-refractivity contribution < 1.29 is 4.74 Å². The summed E-state index contributed by atoms with van der Waals surface area (Å²) in [7, 11) is 1.77. The first-order valence-electron chi connectivity index (χ1n) is 8.15. The molecule has 0 saturated heterocycles. The number of hydrogen-bond acceptors (Lipinski definition) is 3. The maximum atomic E-state index is 5.22. The zero-order valence-electron chi connectivity index (χ0n) is 14.2. The van der Waals surface area contributed by atoms with Gasteiger partial charge in [-0.3, -0.25) is 4.90 Å². The van der Waals surface area contributed by atoms with Crippen molar-refractivity contribution in [3.63, 3.8) is 0 Å². The third-order valence-corrected chi connectivity index (χ3v) is 3.50. The van der Waals surface area contributed by atoms with Gasteiger partial charge in [0, 0.05) is 26.7 Å². The molecule has 0 heterocycles. The number of methoxy groups -OCH3 is 1. The average molecular weight is 292 g/mol. The van der Waals surface area contributed by atoms with Gasteiger partial charge in [-0.25, -0.2) is 0 Å². The number of nitrogens with one attached hydrogen (secondary N) is 1. The zero-order valence-corrected chi connectivity index (χ0v) is 14.2. The first-order valence-corrected chi connectivity index (χ1v) is 8.15. The predicted octanol–water partition coefficient (Wildman–Crippen LogP) is 2.94. The Morgan fingerprint density at radius 1 is 1.14 bits per heavy atom. The highest BCUT2D eigenvalue weighted by Gasteiger charge is 2.08. The van der Waals surface area contributed by atoms with Gasteiger partial charge in [-0.15, -0.1) is 0 Å². The Labute approximate surface area is 130 Å². The fourth-order valence-electron chi connectivity index (χ4n) is 2.45. The van der Waals surface area contributed by atoms with Gasteiger partial charge in [0.2, 0.25) is 0 Å². The molecule has 21 heavy (non-hydrogen) atoms. The van der Waals surface area contributed by atoms with Crippen molar-refractivity contribution in [3.8, 4) is 0 Å². The number of rotatable bonds is 11. The summed E-state index contributed by atoms with van der Waals surface area (Å²) >= 11 is 0. The lowest BCUT2D eigenvalue weighted by Crippen LogP contribution is -2.30. The van der Waals surface area contributed by atoms with Crippen LogP contribution < -0.4 is 5.32 Å². The molecule has 0 aliphatic heterocycles. The minimum Gasteiger partial charge on any atom is -0.383 e. The molecule has 0 aromatic heterocycles. The lowest BCUT2D eigenvalue weighted by molar-refractivity contribution is 0.136. The molecule has 1 rings (SSSR count). The van der Waals surface area contributed by atoms with E-state index in [4.69, 9.17) is 4.74 Å². The van der Waals surface area contributed by atoms with Crippen molar-refractivity contribution in [1.29, 1.82) is 0 Å². The van der Waals surface area contributed by atoms with Crippen LogP contribution in [0.25, 0.3) is 0 Å². The summed E-state index contributed by atoms with van der Waals surface area (Å²) in [6.45, 7) is 12.7. The molecule has 0 radical (unpaired) electrons. The quantitative estimate of drug-likeness (QED) is 0.635. The van der Waals surface area contributed by atoms with Gasteiger partial charge in [-0.1, -0.05) is 45.0 Å². The summed E-state index contributed by atoms with van der Waals surface area (Å²) < 4.78 is 5.22. The molecule has 0 fully saturated rings. The topological polar surface area (TPSA) is 24.5 Å². The van der Waals surface area contributed by atoms with Gasteiger partial charge in [0.25, 0.3) is 0 Å². The monoisotopic (exact) mass is 292 g/mol. The largest absolute Gasteiger partial charge is 0.383 e. The summed E-state index contributed by atoms with van der Waals surface area (Å²) in [6.07, 6.45) is 1.10. The molecule has 3 heteroatoms. The number of ether oxygens (including phenoxy) is 1. The first kappa shape index (κ1) is 18.1. The Hall–Kier alpha value is -0.900. The van der Waals surface area contributed by atoms with Gasteiger partial charge in [0.05, 0.1) is 6.61 Å². The maximum absolute atomic E-state index is 5.22. The molecule has 120 valence electrons. The third kappa shape index (κ3) is 8.20. The van der Waals surface area contributed by atoms with Gasteiger partial charge in [0.1, 0.15) is 0 Å². The molecule has 1 N–H and O–H groups in total. The van der Waals surface area contributed by atoms with Crippen molar-refractivity contribution in [1.82, 2.24) is 10.2 Å². The summed E-state index contributed by atoms with van der Waals surface area (Å²) in [5.74, 6) is 0.682. The molecule has 0 aliphatic rings. The van der Waals surface area contributed by atoms with E-state index >= 15 is 0 Å². The van der Waals surface area contributed by atoms with Crippen molar-refractivity contribution in [3.05, 3.63) is 35.4 Å². The summed E-state index contributed by atoms with van der Waals surface area (Å²) in [6, 6.07) is 9.05. The van der Waals surface area contributed by atoms with Gasteiger partial charge < -0.3 is 10.1 Å². The molecule has 0 saturated carbocycles. The second kappa shape index (κ2) is 10.8. The van der Waals surface area contributed by atoms with E-state index in [1.807, 2.05) is 0 Å². The highest BCUT2D eigenvalue weighted by Crippen LogP contribution is 2.10. The van der Waals surface area contributed by atoms with Crippen molar-refractivity contribution in [2.75, 3.05) is 39.9 Å². The van der Waals surface area contributed by atoms with Gasteiger partial charge in [0.15, 0.2) is 0 Å². The predicted molar refractivity (Wildman–Crippen MR) is 90.7 cm³/mol. The normalized spacial score (nSPS) is 11.5. The van der Waals surface area contributed by atoms with Crippen molar-refractivity contribution >= 4 is 0 Å². The summed E-state index contributed by atoms with van der Waals surface area (Å²) in [4.78, 5) is 2.47. The van der Waals surface area contributed by atoms with E-state index < -0.39 is 0 Å². The molecule has 0 unspecified atom stereocenters. The summed E-state index contributed by atoms with van der Waals surface area (Å²) in [5.41, 5.74) is 2.80. The molecule has 0 atom stereocenters. The zero-order chi connectivity index (χ0) is 15.5. The molecule has 0 amide bonds. The van der Waals surface area contributed by atoms with Gasteiger partial charge in [-0.05, 0) is 36.6 Å². The smallest absolute Gasteiger partial charge is 0.0589 e. The van der Waals surface area contributed by atoms with Crippen LogP contribution in [-0.2, 0) is 17.7 Å². The Bertz CT molecular complexity index is 362. The van der Waals surface area contributed by atoms with Crippen LogP contribution in [0.15, 0.2) is 24.3 Å². The fraction of sp³-hybridized carbons (Fsp3) is 0.667. The van der Waals surface area contributed by atoms with E-state index in [-0.39, 0.29) is 0 Å². The molecular formula is C18H32N2O. The van der Waals surface area contributed by atoms with Crippen LogP contribution in [0, 0.1) is 5.92 Å². The van der Waals surface area contributed by atoms with Crippen LogP contribution in [0.2, 0.25) is 0 Å². The maximum Gasteiger partial charge on any atom is 0.0589 e. The molecule has 3 nitrogen and oxygen atoms in total. The van der Waals surface area contributed by atoms with E-state index in [0.717, 1.165) is 45.8 Å². The minimum absolute atomic E-state index is 0.682. The van der Waals surface area contributed by atoms with Gasteiger partial charge in [-0.2, -0.15) is 0 Å². The van der Waals surface area contributed by atoms with E-state index in [1.165, 1.54) is 11.1 Å². The highest BCUT2D eigenvalue weighted by atomic mass is 16.5. The molecular weight excluding hydrogens is 260 g/mol. The lowest BCUT2D eigenvalue weighted by atomic mass is 10.1. The Balaban J connectivity index is 2.50. The van der Waals surface area contributed by atoms with E-state index in [9.17, 15) is 0 Å². The van der Waals surface area contributed by atoms with Crippen LogP contribution >= 0.6 is 0 Å². The third-order valence-electron chi connectivity index (χ3n) is 3.50. The van der Waals surface area contributed by atoms with E-state index in [2.05, 4.69) is 55.3 Å². The average Bonchev–Trinajstić information content (AvgIpc) is 2.46. The van der Waals surface area contributed by atoms with E-state index in [0.29, 0.717) is 5.92 Å². The number of hydrogen-bond donors (Lipinski definition) is 1. The second-order valence-corrected chi connectivity index (χ2v) is 6.04. The first-order chi connectivity index (χ1) is 10.2. The van der Waals surface area contributed by atoms with Crippen LogP contribution in [0.4, 0.5) is 0 Å². The molecule has 1 aromatic rings. The highest BCUT2D eigenvalue weighted by molar-refractivity contribution is 5.22. The van der Waals surface area contributed by atoms with Crippen molar-refractivity contribution in [2.45, 2.75) is 33.7 Å². The Morgan fingerprint density at radius 3 is 2.38 bits per heavy atom. The fourth-order valence-corrected chi connectivity index (χ4v) is 2.45. The second-order valence-electron chi connectivity index (χ2n) is 6.04. The summed E-state index contributed by atoms with van der Waals surface area (Å²) in [5, 5.41) is 3.37. The molecule has 1 aromatic carbocycles. The number of nitrogens with zero attached hydrogens (tertiary/aromatic N) is 1.